The molecule has 2 nitrogen and oxygen atoms in total. The molecule has 0 amide bonds. The van der Waals surface area contributed by atoms with Crippen molar-refractivity contribution in [2.45, 2.75) is 25.8 Å². The molecule has 0 fully saturated rings. The van der Waals surface area contributed by atoms with E-state index < -0.39 is 0 Å². The van der Waals surface area contributed by atoms with E-state index >= 15 is 0 Å². The lowest BCUT2D eigenvalue weighted by molar-refractivity contribution is 0.521. The van der Waals surface area contributed by atoms with Crippen molar-refractivity contribution in [3.8, 4) is 12.3 Å². The van der Waals surface area contributed by atoms with Crippen molar-refractivity contribution in [1.29, 1.82) is 0 Å². The number of hydrogen-bond donors (Lipinski definition) is 2. The van der Waals surface area contributed by atoms with E-state index in [4.69, 9.17) is 12.3 Å². The van der Waals surface area contributed by atoms with E-state index in [2.05, 4.69) is 53.0 Å². The van der Waals surface area contributed by atoms with Crippen LogP contribution in [0.4, 0.5) is 0 Å². The van der Waals surface area contributed by atoms with Crippen molar-refractivity contribution in [1.82, 2.24) is 5.43 Å². The van der Waals surface area contributed by atoms with Gasteiger partial charge in [0.2, 0.25) is 0 Å². The molecule has 1 unspecified atom stereocenters. The van der Waals surface area contributed by atoms with Crippen molar-refractivity contribution in [2.24, 2.45) is 5.84 Å². The fraction of sp³-hybridized carbons (Fsp3) is 0.333. The standard InChI is InChI=1S/C12H15IN2/c1-3-4-8-11(15-14)10-7-5-6-9(2)12(10)13/h1,5-7,11,15H,4,8,14H2,2H3. The minimum absolute atomic E-state index is 0.146. The molecule has 1 rings (SSSR count). The molecule has 0 radical (unpaired) electrons. The predicted molar refractivity (Wildman–Crippen MR) is 72.0 cm³/mol. The van der Waals surface area contributed by atoms with Crippen LogP contribution in [0.15, 0.2) is 18.2 Å². The smallest absolute Gasteiger partial charge is 0.0479 e. The summed E-state index contributed by atoms with van der Waals surface area (Å²) in [6.45, 7) is 2.10. The highest BCUT2D eigenvalue weighted by Crippen LogP contribution is 2.25. The van der Waals surface area contributed by atoms with E-state index in [0.717, 1.165) is 12.8 Å². The second kappa shape index (κ2) is 6.11. The van der Waals surface area contributed by atoms with Crippen molar-refractivity contribution in [3.05, 3.63) is 32.9 Å². The minimum Gasteiger partial charge on any atom is -0.271 e. The molecule has 0 aliphatic rings. The summed E-state index contributed by atoms with van der Waals surface area (Å²) < 4.78 is 1.26. The molecule has 1 aromatic carbocycles. The number of rotatable bonds is 4. The average molecular weight is 314 g/mol. The Morgan fingerprint density at radius 1 is 1.60 bits per heavy atom. The zero-order valence-corrected chi connectivity index (χ0v) is 10.9. The average Bonchev–Trinajstić information content (AvgIpc) is 2.25. The largest absolute Gasteiger partial charge is 0.271 e. The fourth-order valence-electron chi connectivity index (χ4n) is 1.50. The molecule has 15 heavy (non-hydrogen) atoms. The van der Waals surface area contributed by atoms with E-state index in [1.165, 1.54) is 14.7 Å². The number of aryl methyl sites for hydroxylation is 1. The zero-order valence-electron chi connectivity index (χ0n) is 8.76. The lowest BCUT2D eigenvalue weighted by Gasteiger charge is -2.17. The van der Waals surface area contributed by atoms with Crippen LogP contribution in [0, 0.1) is 22.8 Å². The highest BCUT2D eigenvalue weighted by atomic mass is 127. The number of halogens is 1. The van der Waals surface area contributed by atoms with Crippen LogP contribution in [-0.4, -0.2) is 0 Å². The molecule has 0 saturated carbocycles. The molecule has 3 N–H and O–H groups in total. The monoisotopic (exact) mass is 314 g/mol. The summed E-state index contributed by atoms with van der Waals surface area (Å²) in [5.41, 5.74) is 5.32. The quantitative estimate of drug-likeness (QED) is 0.388. The number of nitrogens with one attached hydrogen (secondary N) is 1. The van der Waals surface area contributed by atoms with Gasteiger partial charge in [-0.15, -0.1) is 12.3 Å². The molecule has 1 aromatic rings. The maximum atomic E-state index is 5.54. The van der Waals surface area contributed by atoms with Gasteiger partial charge in [0.15, 0.2) is 0 Å². The summed E-state index contributed by atoms with van der Waals surface area (Å²) in [5.74, 6) is 8.18. The van der Waals surface area contributed by atoms with Crippen LogP contribution < -0.4 is 11.3 Å². The Morgan fingerprint density at radius 3 is 2.93 bits per heavy atom. The maximum absolute atomic E-state index is 5.54. The Bertz CT molecular complexity index is 368. The van der Waals surface area contributed by atoms with Gasteiger partial charge >= 0.3 is 0 Å². The summed E-state index contributed by atoms with van der Waals surface area (Å²) >= 11 is 2.35. The van der Waals surface area contributed by atoms with Gasteiger partial charge in [-0.2, -0.15) is 0 Å². The molecule has 0 aliphatic heterocycles. The maximum Gasteiger partial charge on any atom is 0.0479 e. The summed E-state index contributed by atoms with van der Waals surface area (Å²) in [6.07, 6.45) is 6.86. The molecule has 0 bridgehead atoms. The lowest BCUT2D eigenvalue weighted by atomic mass is 10.0. The minimum atomic E-state index is 0.146. The topological polar surface area (TPSA) is 38.0 Å². The number of terminal acetylenes is 1. The summed E-state index contributed by atoms with van der Waals surface area (Å²) in [4.78, 5) is 0. The lowest BCUT2D eigenvalue weighted by Crippen LogP contribution is -2.28. The molecule has 80 valence electrons. The third-order valence-corrected chi connectivity index (χ3v) is 3.85. The van der Waals surface area contributed by atoms with Gasteiger partial charge in [-0.1, -0.05) is 18.2 Å². The second-order valence-electron chi connectivity index (χ2n) is 3.44. The predicted octanol–water partition coefficient (Wildman–Crippen LogP) is 2.52. The van der Waals surface area contributed by atoms with Gasteiger partial charge in [-0.05, 0) is 47.1 Å². The van der Waals surface area contributed by atoms with E-state index in [-0.39, 0.29) is 6.04 Å². The van der Waals surface area contributed by atoms with E-state index in [1.54, 1.807) is 0 Å². The first-order valence-corrected chi connectivity index (χ1v) is 5.93. The van der Waals surface area contributed by atoms with E-state index in [0.29, 0.717) is 0 Å². The van der Waals surface area contributed by atoms with E-state index in [9.17, 15) is 0 Å². The molecule has 0 saturated heterocycles. The van der Waals surface area contributed by atoms with Gasteiger partial charge in [-0.3, -0.25) is 11.3 Å². The highest BCUT2D eigenvalue weighted by Gasteiger charge is 2.12. The van der Waals surface area contributed by atoms with Crippen LogP contribution in [0.25, 0.3) is 0 Å². The third kappa shape index (κ3) is 3.20. The van der Waals surface area contributed by atoms with Crippen LogP contribution in [0.5, 0.6) is 0 Å². The summed E-state index contributed by atoms with van der Waals surface area (Å²) in [5, 5.41) is 0. The fourth-order valence-corrected chi connectivity index (χ4v) is 2.23. The van der Waals surface area contributed by atoms with Gasteiger partial charge < -0.3 is 0 Å². The first-order valence-electron chi connectivity index (χ1n) is 4.85. The van der Waals surface area contributed by atoms with Gasteiger partial charge in [0.05, 0.1) is 0 Å². The Labute approximate surface area is 105 Å². The second-order valence-corrected chi connectivity index (χ2v) is 4.52. The number of hydrogen-bond acceptors (Lipinski definition) is 2. The SMILES string of the molecule is C#CCCC(NN)c1cccc(C)c1I. The van der Waals surface area contributed by atoms with Crippen LogP contribution in [0.2, 0.25) is 0 Å². The Kier molecular flexibility index (Phi) is 5.09. The van der Waals surface area contributed by atoms with Gasteiger partial charge in [0.25, 0.3) is 0 Å². The van der Waals surface area contributed by atoms with Gasteiger partial charge in [0.1, 0.15) is 0 Å². The molecule has 0 aliphatic carbocycles. The first kappa shape index (κ1) is 12.5. The van der Waals surface area contributed by atoms with Crippen molar-refractivity contribution < 1.29 is 0 Å². The molecular weight excluding hydrogens is 299 g/mol. The van der Waals surface area contributed by atoms with Crippen molar-refractivity contribution in [3.63, 3.8) is 0 Å². The Balaban J connectivity index is 2.92. The number of benzene rings is 1. The molecule has 0 heterocycles. The van der Waals surface area contributed by atoms with Crippen LogP contribution in [-0.2, 0) is 0 Å². The van der Waals surface area contributed by atoms with Gasteiger partial charge in [0, 0.05) is 16.0 Å². The molecule has 0 aromatic heterocycles. The summed E-state index contributed by atoms with van der Waals surface area (Å²) in [7, 11) is 0. The van der Waals surface area contributed by atoms with Crippen LogP contribution in [0.1, 0.15) is 30.0 Å². The number of nitrogens with two attached hydrogens (primary N) is 1. The number of hydrazine groups is 1. The summed E-state index contributed by atoms with van der Waals surface area (Å²) in [6, 6.07) is 6.39. The Morgan fingerprint density at radius 2 is 2.33 bits per heavy atom. The molecule has 0 spiro atoms. The highest BCUT2D eigenvalue weighted by molar-refractivity contribution is 14.1. The third-order valence-electron chi connectivity index (χ3n) is 2.38. The molecule has 1 atom stereocenters. The first-order chi connectivity index (χ1) is 7.20. The van der Waals surface area contributed by atoms with E-state index in [1.807, 2.05) is 6.07 Å². The van der Waals surface area contributed by atoms with Crippen LogP contribution >= 0.6 is 22.6 Å². The molecular formula is C12H15IN2. The molecule has 3 heteroatoms. The van der Waals surface area contributed by atoms with Crippen LogP contribution in [0.3, 0.4) is 0 Å². The Hall–Kier alpha value is -0.570. The zero-order chi connectivity index (χ0) is 11.3. The van der Waals surface area contributed by atoms with Crippen molar-refractivity contribution in [2.75, 3.05) is 0 Å². The van der Waals surface area contributed by atoms with Gasteiger partial charge in [-0.25, -0.2) is 0 Å². The van der Waals surface area contributed by atoms with Crippen molar-refractivity contribution >= 4 is 22.6 Å². The normalized spacial score (nSPS) is 12.1.